The van der Waals surface area contributed by atoms with Crippen molar-refractivity contribution in [3.8, 4) is 11.8 Å². The van der Waals surface area contributed by atoms with Gasteiger partial charge < -0.3 is 5.11 Å². The van der Waals surface area contributed by atoms with Crippen molar-refractivity contribution < 1.29 is 17.9 Å². The minimum atomic E-state index is -3.74. The summed E-state index contributed by atoms with van der Waals surface area (Å²) in [4.78, 5) is -0.0457. The summed E-state index contributed by atoms with van der Waals surface area (Å²) < 4.78 is 39.6. The lowest BCUT2D eigenvalue weighted by Crippen LogP contribution is -2.31. The van der Waals surface area contributed by atoms with E-state index in [9.17, 15) is 12.8 Å². The van der Waals surface area contributed by atoms with Crippen molar-refractivity contribution in [1.82, 2.24) is 4.31 Å². The molecule has 0 spiro atoms. The van der Waals surface area contributed by atoms with Gasteiger partial charge in [0.2, 0.25) is 10.0 Å². The second-order valence-corrected chi connectivity index (χ2v) is 6.91. The average Bonchev–Trinajstić information content (AvgIpc) is 2.44. The smallest absolute Gasteiger partial charge is 0.244 e. The standard InChI is InChI=1S/C15H20FNO3S/c1-4-12(2)11-17(3)21(19,20)15-8-7-14(16)10-13(15)6-5-9-18/h7-8,10,12,18H,4,9,11H2,1-3H3. The van der Waals surface area contributed by atoms with Gasteiger partial charge in [0.05, 0.1) is 4.90 Å². The monoisotopic (exact) mass is 313 g/mol. The Balaban J connectivity index is 3.24. The summed E-state index contributed by atoms with van der Waals surface area (Å²) in [7, 11) is -2.25. The van der Waals surface area contributed by atoms with Gasteiger partial charge in [-0.3, -0.25) is 0 Å². The Bertz CT molecular complexity index is 647. The number of aliphatic hydroxyl groups excluding tert-OH is 1. The van der Waals surface area contributed by atoms with Crippen LogP contribution in [0.25, 0.3) is 0 Å². The van der Waals surface area contributed by atoms with Crippen LogP contribution in [0, 0.1) is 23.6 Å². The minimum absolute atomic E-state index is 0.0457. The first-order chi connectivity index (χ1) is 9.82. The van der Waals surface area contributed by atoms with Gasteiger partial charge >= 0.3 is 0 Å². The number of hydrogen-bond donors (Lipinski definition) is 1. The van der Waals surface area contributed by atoms with Crippen molar-refractivity contribution in [3.05, 3.63) is 29.6 Å². The molecule has 0 saturated carbocycles. The second-order valence-electron chi connectivity index (χ2n) is 4.90. The van der Waals surface area contributed by atoms with Crippen LogP contribution in [0.3, 0.4) is 0 Å². The maximum Gasteiger partial charge on any atom is 0.244 e. The molecule has 0 heterocycles. The number of benzene rings is 1. The van der Waals surface area contributed by atoms with Gasteiger partial charge in [-0.1, -0.05) is 32.1 Å². The summed E-state index contributed by atoms with van der Waals surface area (Å²) in [5, 5.41) is 8.72. The highest BCUT2D eigenvalue weighted by Crippen LogP contribution is 2.21. The zero-order chi connectivity index (χ0) is 16.0. The largest absolute Gasteiger partial charge is 0.384 e. The number of halogens is 1. The first kappa shape index (κ1) is 17.6. The van der Waals surface area contributed by atoms with Gasteiger partial charge in [0.15, 0.2) is 0 Å². The van der Waals surface area contributed by atoms with Crippen LogP contribution in [0.1, 0.15) is 25.8 Å². The van der Waals surface area contributed by atoms with Crippen molar-refractivity contribution in [2.75, 3.05) is 20.2 Å². The Morgan fingerprint density at radius 2 is 2.10 bits per heavy atom. The third-order valence-corrected chi connectivity index (χ3v) is 5.08. The van der Waals surface area contributed by atoms with E-state index in [0.29, 0.717) is 6.54 Å². The molecule has 116 valence electrons. The molecule has 0 amide bonds. The number of rotatable bonds is 5. The van der Waals surface area contributed by atoms with Gasteiger partial charge in [-0.2, -0.15) is 0 Å². The van der Waals surface area contributed by atoms with Crippen LogP contribution in [0.2, 0.25) is 0 Å². The summed E-state index contributed by atoms with van der Waals surface area (Å²) in [6.07, 6.45) is 0.862. The SMILES string of the molecule is CCC(C)CN(C)S(=O)(=O)c1ccc(F)cc1C#CCO. The molecule has 0 aromatic heterocycles. The van der Waals surface area contributed by atoms with Crippen LogP contribution < -0.4 is 0 Å². The molecule has 1 N–H and O–H groups in total. The Kier molecular flexibility index (Phi) is 6.34. The molecule has 0 radical (unpaired) electrons. The van der Waals surface area contributed by atoms with Crippen LogP contribution in [0.4, 0.5) is 4.39 Å². The Labute approximate surface area is 125 Å². The maximum absolute atomic E-state index is 13.3. The molecule has 1 atom stereocenters. The topological polar surface area (TPSA) is 57.6 Å². The lowest BCUT2D eigenvalue weighted by molar-refractivity contribution is 0.350. The normalized spacial score (nSPS) is 12.9. The molecule has 1 aromatic carbocycles. The molecule has 1 aromatic rings. The predicted octanol–water partition coefficient (Wildman–Crippen LogP) is 1.84. The molecular weight excluding hydrogens is 293 g/mol. The fourth-order valence-electron chi connectivity index (χ4n) is 1.79. The first-order valence-corrected chi connectivity index (χ1v) is 8.12. The molecule has 0 bridgehead atoms. The maximum atomic E-state index is 13.3. The summed E-state index contributed by atoms with van der Waals surface area (Å²) in [5.41, 5.74) is 0.0556. The Morgan fingerprint density at radius 3 is 2.67 bits per heavy atom. The third kappa shape index (κ3) is 4.53. The van der Waals surface area contributed by atoms with E-state index >= 15 is 0 Å². The molecule has 0 aliphatic heterocycles. The van der Waals surface area contributed by atoms with E-state index in [1.54, 1.807) is 0 Å². The highest BCUT2D eigenvalue weighted by atomic mass is 32.2. The van der Waals surface area contributed by atoms with E-state index in [4.69, 9.17) is 5.11 Å². The van der Waals surface area contributed by atoms with E-state index < -0.39 is 22.4 Å². The van der Waals surface area contributed by atoms with Gasteiger partial charge in [-0.15, -0.1) is 0 Å². The van der Waals surface area contributed by atoms with Crippen molar-refractivity contribution in [3.63, 3.8) is 0 Å². The van der Waals surface area contributed by atoms with Gasteiger partial charge in [-0.25, -0.2) is 17.1 Å². The molecular formula is C15H20FNO3S. The average molecular weight is 313 g/mol. The lowest BCUT2D eigenvalue weighted by Gasteiger charge is -2.21. The van der Waals surface area contributed by atoms with E-state index in [0.717, 1.165) is 18.6 Å². The van der Waals surface area contributed by atoms with Crippen molar-refractivity contribution in [2.45, 2.75) is 25.2 Å². The van der Waals surface area contributed by atoms with Crippen LogP contribution in [0.5, 0.6) is 0 Å². The quantitative estimate of drug-likeness (QED) is 0.844. The van der Waals surface area contributed by atoms with Crippen molar-refractivity contribution in [2.24, 2.45) is 5.92 Å². The van der Waals surface area contributed by atoms with Gasteiger partial charge in [0.25, 0.3) is 0 Å². The molecule has 21 heavy (non-hydrogen) atoms. The molecule has 6 heteroatoms. The second kappa shape index (κ2) is 7.55. The van der Waals surface area contributed by atoms with Crippen LogP contribution in [-0.2, 0) is 10.0 Å². The third-order valence-electron chi connectivity index (χ3n) is 3.20. The summed E-state index contributed by atoms with van der Waals surface area (Å²) in [6.45, 7) is 3.91. The Hall–Kier alpha value is -1.42. The number of aliphatic hydroxyl groups is 1. The van der Waals surface area contributed by atoms with Crippen molar-refractivity contribution >= 4 is 10.0 Å². The van der Waals surface area contributed by atoms with E-state index in [1.165, 1.54) is 17.4 Å². The Morgan fingerprint density at radius 1 is 1.43 bits per heavy atom. The minimum Gasteiger partial charge on any atom is -0.384 e. The van der Waals surface area contributed by atoms with Crippen LogP contribution >= 0.6 is 0 Å². The summed E-state index contributed by atoms with van der Waals surface area (Å²) in [6, 6.07) is 3.36. The molecule has 0 saturated heterocycles. The van der Waals surface area contributed by atoms with Gasteiger partial charge in [0.1, 0.15) is 12.4 Å². The fourth-order valence-corrected chi connectivity index (χ4v) is 3.21. The van der Waals surface area contributed by atoms with Gasteiger partial charge in [0, 0.05) is 19.2 Å². The number of hydrogen-bond acceptors (Lipinski definition) is 3. The number of nitrogens with zero attached hydrogens (tertiary/aromatic N) is 1. The lowest BCUT2D eigenvalue weighted by atomic mass is 10.1. The predicted molar refractivity (Wildman–Crippen MR) is 79.6 cm³/mol. The highest BCUT2D eigenvalue weighted by molar-refractivity contribution is 7.89. The van der Waals surface area contributed by atoms with E-state index in [-0.39, 0.29) is 16.4 Å². The highest BCUT2D eigenvalue weighted by Gasteiger charge is 2.24. The zero-order valence-electron chi connectivity index (χ0n) is 12.4. The van der Waals surface area contributed by atoms with Crippen LogP contribution in [0.15, 0.2) is 23.1 Å². The number of sulfonamides is 1. The summed E-state index contributed by atoms with van der Waals surface area (Å²) >= 11 is 0. The molecule has 1 rings (SSSR count). The molecule has 0 aliphatic carbocycles. The van der Waals surface area contributed by atoms with Crippen molar-refractivity contribution in [1.29, 1.82) is 0 Å². The molecule has 0 aliphatic rings. The van der Waals surface area contributed by atoms with Crippen LogP contribution in [-0.4, -0.2) is 38.0 Å². The van der Waals surface area contributed by atoms with E-state index in [1.807, 2.05) is 13.8 Å². The van der Waals surface area contributed by atoms with E-state index in [2.05, 4.69) is 11.8 Å². The fraction of sp³-hybridized carbons (Fsp3) is 0.467. The first-order valence-electron chi connectivity index (χ1n) is 6.68. The van der Waals surface area contributed by atoms with Gasteiger partial charge in [-0.05, 0) is 24.1 Å². The summed E-state index contributed by atoms with van der Waals surface area (Å²) in [5.74, 6) is 4.49. The molecule has 1 unspecified atom stereocenters. The molecule has 0 fully saturated rings. The zero-order valence-corrected chi connectivity index (χ0v) is 13.2. The molecule has 4 nitrogen and oxygen atoms in total.